The molecule has 0 aromatic heterocycles. The van der Waals surface area contributed by atoms with Crippen LogP contribution >= 0.6 is 0 Å². The Hall–Kier alpha value is -2.36. The summed E-state index contributed by atoms with van der Waals surface area (Å²) in [5, 5.41) is 30.9. The number of allylic oxidation sites excluding steroid dienone is 1. The minimum absolute atomic E-state index is 0.0328. The largest absolute Gasteiger partial charge is 0.469 e. The molecule has 0 spiro atoms. The Bertz CT molecular complexity index is 1050. The summed E-state index contributed by atoms with van der Waals surface area (Å²) in [5.74, 6) is -0.334. The van der Waals surface area contributed by atoms with Gasteiger partial charge in [0.15, 0.2) is 0 Å². The van der Waals surface area contributed by atoms with Crippen molar-refractivity contribution in [1.82, 2.24) is 0 Å². The van der Waals surface area contributed by atoms with Gasteiger partial charge in [-0.25, -0.2) is 0 Å². The van der Waals surface area contributed by atoms with E-state index in [-0.39, 0.29) is 59.0 Å². The fourth-order valence-electron chi connectivity index (χ4n) is 7.80. The molecular weight excluding hydrogens is 684 g/mol. The van der Waals surface area contributed by atoms with E-state index in [4.69, 9.17) is 0 Å². The summed E-state index contributed by atoms with van der Waals surface area (Å²) in [7, 11) is 2.81. The fourth-order valence-corrected chi connectivity index (χ4v) is 7.80. The molecule has 0 aliphatic heterocycles. The van der Waals surface area contributed by atoms with E-state index in [2.05, 4.69) is 49.3 Å². The lowest BCUT2D eigenvalue weighted by molar-refractivity contribution is -0.141. The second-order valence-corrected chi connectivity index (χ2v) is 17.0. The smallest absolute Gasteiger partial charge is 0.305 e. The molecule has 2 saturated carbocycles. The Morgan fingerprint density at radius 2 is 1.06 bits per heavy atom. The number of hydrogen-bond acceptors (Lipinski definition) is 9. The zero-order chi connectivity index (χ0) is 40.6. The molecule has 0 saturated heterocycles. The highest BCUT2D eigenvalue weighted by atomic mass is 16.5. The molecule has 0 aromatic carbocycles. The molecule has 0 unspecified atom stereocenters. The first-order valence-electron chi connectivity index (χ1n) is 21.2. The van der Waals surface area contributed by atoms with Gasteiger partial charge in [0.05, 0.1) is 32.0 Å². The lowest BCUT2D eigenvalue weighted by atomic mass is 9.82. The van der Waals surface area contributed by atoms with Crippen LogP contribution in [-0.4, -0.2) is 70.9 Å². The van der Waals surface area contributed by atoms with E-state index in [1.807, 2.05) is 19.1 Å². The third kappa shape index (κ3) is 20.5. The first-order valence-corrected chi connectivity index (χ1v) is 21.2. The van der Waals surface area contributed by atoms with E-state index in [0.717, 1.165) is 89.9 Å². The van der Waals surface area contributed by atoms with E-state index >= 15 is 0 Å². The number of aliphatic hydroxyl groups is 3. The number of aliphatic hydroxyl groups excluding tert-OH is 2. The van der Waals surface area contributed by atoms with Crippen molar-refractivity contribution in [3.05, 3.63) is 24.3 Å². The van der Waals surface area contributed by atoms with Gasteiger partial charge in [-0.05, 0) is 63.7 Å². The van der Waals surface area contributed by atoms with Gasteiger partial charge in [0.1, 0.15) is 11.6 Å². The maximum absolute atomic E-state index is 12.3. The van der Waals surface area contributed by atoms with Gasteiger partial charge < -0.3 is 24.8 Å². The molecule has 0 radical (unpaired) electrons. The van der Waals surface area contributed by atoms with Crippen molar-refractivity contribution < 1.29 is 44.0 Å². The molecule has 2 rings (SSSR count). The highest BCUT2D eigenvalue weighted by Crippen LogP contribution is 2.36. The Morgan fingerprint density at radius 1 is 0.648 bits per heavy atom. The van der Waals surface area contributed by atoms with Gasteiger partial charge in [0.2, 0.25) is 0 Å². The minimum Gasteiger partial charge on any atom is -0.469 e. The molecule has 54 heavy (non-hydrogen) atoms. The Kier molecular flexibility index (Phi) is 25.1. The molecule has 2 fully saturated rings. The standard InChI is InChI=1S/C23H40O4.C22H38O5/c1-5-6-15-23(2,3)16-11-13-19-18(20(24)17-21(19)25)12-9-7-8-10-14-22(26)27-4;1-4-5-14-22(2,26)15-10-12-18-17(19(23)16-20(18)24)11-8-6-7-9-13-21(25)27-3/h11,13,18-19,21,25H,5-10,12,14-17H2,1-4H3;10,12,17-18,20,24,26H,4-9,11,13-16H2,1-3H3/b13-11+;12-10+/t18-,19-,21-;17-,18-,20-,22-/m11/s1. The number of ketones is 2. The summed E-state index contributed by atoms with van der Waals surface area (Å²) < 4.78 is 9.27. The molecule has 2 aliphatic rings. The molecule has 0 amide bonds. The van der Waals surface area contributed by atoms with Gasteiger partial charge >= 0.3 is 11.9 Å². The average Bonchev–Trinajstić information content (AvgIpc) is 3.55. The summed E-state index contributed by atoms with van der Waals surface area (Å²) in [6, 6.07) is 0. The van der Waals surface area contributed by atoms with Gasteiger partial charge in [0.25, 0.3) is 0 Å². The Labute approximate surface area is 328 Å². The summed E-state index contributed by atoms with van der Waals surface area (Å²) in [6.45, 7) is 10.7. The van der Waals surface area contributed by atoms with E-state index < -0.39 is 17.8 Å². The van der Waals surface area contributed by atoms with Gasteiger partial charge in [-0.15, -0.1) is 0 Å². The summed E-state index contributed by atoms with van der Waals surface area (Å²) >= 11 is 0. The number of carbonyl (C=O) groups excluding carboxylic acids is 4. The summed E-state index contributed by atoms with van der Waals surface area (Å²) in [4.78, 5) is 46.7. The predicted molar refractivity (Wildman–Crippen MR) is 216 cm³/mol. The second-order valence-electron chi connectivity index (χ2n) is 17.0. The van der Waals surface area contributed by atoms with Crippen molar-refractivity contribution in [3.63, 3.8) is 0 Å². The Balaban J connectivity index is 0.000000540. The molecule has 0 bridgehead atoms. The third-order valence-corrected chi connectivity index (χ3v) is 11.4. The molecule has 7 atom stereocenters. The van der Waals surface area contributed by atoms with Crippen molar-refractivity contribution in [2.45, 2.75) is 194 Å². The van der Waals surface area contributed by atoms with Crippen LogP contribution in [0.4, 0.5) is 0 Å². The molecule has 0 aromatic rings. The van der Waals surface area contributed by atoms with Gasteiger partial charge in [-0.1, -0.05) is 116 Å². The Morgan fingerprint density at radius 3 is 1.48 bits per heavy atom. The zero-order valence-corrected chi connectivity index (χ0v) is 35.1. The normalized spacial score (nSPS) is 24.2. The molecule has 0 heterocycles. The van der Waals surface area contributed by atoms with Crippen LogP contribution in [0.25, 0.3) is 0 Å². The predicted octanol–water partition coefficient (Wildman–Crippen LogP) is 9.18. The number of Topliss-reactive ketones (excluding diaryl/α,β-unsaturated/α-hetero) is 2. The highest BCUT2D eigenvalue weighted by Gasteiger charge is 2.40. The average molecular weight is 763 g/mol. The van der Waals surface area contributed by atoms with E-state index in [9.17, 15) is 34.5 Å². The van der Waals surface area contributed by atoms with Crippen molar-refractivity contribution in [1.29, 1.82) is 0 Å². The van der Waals surface area contributed by atoms with Crippen LogP contribution in [0.2, 0.25) is 0 Å². The molecular formula is C45H78O9. The van der Waals surface area contributed by atoms with Crippen LogP contribution in [0, 0.1) is 29.1 Å². The number of carbonyl (C=O) groups is 4. The quantitative estimate of drug-likeness (QED) is 0.0446. The maximum atomic E-state index is 12.3. The molecule has 3 N–H and O–H groups in total. The molecule has 9 nitrogen and oxygen atoms in total. The lowest BCUT2D eigenvalue weighted by Crippen LogP contribution is -2.23. The van der Waals surface area contributed by atoms with Gasteiger partial charge in [-0.3, -0.25) is 19.2 Å². The zero-order valence-electron chi connectivity index (χ0n) is 35.1. The van der Waals surface area contributed by atoms with Crippen molar-refractivity contribution in [3.8, 4) is 0 Å². The van der Waals surface area contributed by atoms with Crippen LogP contribution in [0.1, 0.15) is 176 Å². The molecule has 9 heteroatoms. The van der Waals surface area contributed by atoms with E-state index in [1.165, 1.54) is 33.5 Å². The number of unbranched alkanes of at least 4 members (excludes halogenated alkanes) is 8. The van der Waals surface area contributed by atoms with Crippen LogP contribution < -0.4 is 0 Å². The minimum atomic E-state index is -0.727. The SMILES string of the molecule is CCCCC(C)(C)C/C=C/[C@H]1[C@H](O)CC(=O)[C@@H]1CCCCCCC(=O)OC.CCCC[C@@](C)(O)C/C=C/[C@H]1[C@H](O)CC(=O)[C@@H]1CCCCCCC(=O)OC. The third-order valence-electron chi connectivity index (χ3n) is 11.4. The highest BCUT2D eigenvalue weighted by molar-refractivity contribution is 5.85. The fraction of sp³-hybridized carbons (Fsp3) is 0.822. The van der Waals surface area contributed by atoms with Crippen LogP contribution in [-0.2, 0) is 28.7 Å². The van der Waals surface area contributed by atoms with Gasteiger partial charge in [0, 0.05) is 49.4 Å². The van der Waals surface area contributed by atoms with E-state index in [1.54, 1.807) is 0 Å². The van der Waals surface area contributed by atoms with Crippen molar-refractivity contribution in [2.75, 3.05) is 14.2 Å². The number of ether oxygens (including phenoxy) is 2. The first kappa shape index (κ1) is 49.7. The number of esters is 2. The molecule has 312 valence electrons. The summed E-state index contributed by atoms with van der Waals surface area (Å²) in [5.41, 5.74) is -0.454. The van der Waals surface area contributed by atoms with E-state index in [0.29, 0.717) is 25.7 Å². The monoisotopic (exact) mass is 763 g/mol. The number of methoxy groups -OCH3 is 2. The van der Waals surface area contributed by atoms with Crippen LogP contribution in [0.15, 0.2) is 24.3 Å². The molecule has 2 aliphatic carbocycles. The lowest BCUT2D eigenvalue weighted by Gasteiger charge is -2.23. The van der Waals surface area contributed by atoms with Crippen molar-refractivity contribution >= 4 is 23.5 Å². The van der Waals surface area contributed by atoms with Gasteiger partial charge in [-0.2, -0.15) is 0 Å². The van der Waals surface area contributed by atoms with Crippen molar-refractivity contribution in [2.24, 2.45) is 29.1 Å². The topological polar surface area (TPSA) is 147 Å². The second kappa shape index (κ2) is 27.3. The maximum Gasteiger partial charge on any atom is 0.305 e. The summed E-state index contributed by atoms with van der Waals surface area (Å²) in [6.07, 6.45) is 25.5. The van der Waals surface area contributed by atoms with Crippen LogP contribution in [0.3, 0.4) is 0 Å². The number of rotatable bonds is 26. The first-order chi connectivity index (χ1) is 25.6. The van der Waals surface area contributed by atoms with Crippen LogP contribution in [0.5, 0.6) is 0 Å². The number of hydrogen-bond donors (Lipinski definition) is 3.